The standard InChI is InChI=1S/C25H28F3N3O2/c26-25(27,28)21-11-9-19(10-12-21)18-29-13-5-14-30(17-16-29)24(33)22-8-4-15-31(22)23(32)20-6-2-1-3-7-20/h1-3,6-7,9-12,22H,4-5,8,13-18H2. The summed E-state index contributed by atoms with van der Waals surface area (Å²) in [5.41, 5.74) is 0.763. The first-order valence-electron chi connectivity index (χ1n) is 11.4. The Bertz CT molecular complexity index is 963. The van der Waals surface area contributed by atoms with E-state index in [4.69, 9.17) is 0 Å². The molecule has 0 aliphatic carbocycles. The lowest BCUT2D eigenvalue weighted by molar-refractivity contribution is -0.137. The van der Waals surface area contributed by atoms with Crippen LogP contribution >= 0.6 is 0 Å². The molecule has 2 saturated heterocycles. The van der Waals surface area contributed by atoms with E-state index in [0.717, 1.165) is 37.1 Å². The SMILES string of the molecule is O=C(C1CCCN1C(=O)c1ccccc1)N1CCCN(Cc2ccc(C(F)(F)F)cc2)CC1. The quantitative estimate of drug-likeness (QED) is 0.693. The zero-order chi connectivity index (χ0) is 23.4. The first-order chi connectivity index (χ1) is 15.8. The summed E-state index contributed by atoms with van der Waals surface area (Å²) in [6.45, 7) is 3.70. The fraction of sp³-hybridized carbons (Fsp3) is 0.440. The number of amides is 2. The number of hydrogen-bond acceptors (Lipinski definition) is 3. The molecule has 0 bridgehead atoms. The first-order valence-corrected chi connectivity index (χ1v) is 11.4. The molecule has 176 valence electrons. The van der Waals surface area contributed by atoms with Gasteiger partial charge in [0.2, 0.25) is 5.91 Å². The number of hydrogen-bond donors (Lipinski definition) is 0. The zero-order valence-electron chi connectivity index (χ0n) is 18.4. The zero-order valence-corrected chi connectivity index (χ0v) is 18.4. The summed E-state index contributed by atoms with van der Waals surface area (Å²) in [5, 5.41) is 0. The highest BCUT2D eigenvalue weighted by Gasteiger charge is 2.37. The van der Waals surface area contributed by atoms with Gasteiger partial charge >= 0.3 is 6.18 Å². The maximum atomic E-state index is 13.3. The molecule has 2 aliphatic rings. The molecule has 2 aromatic rings. The average molecular weight is 460 g/mol. The van der Waals surface area contributed by atoms with Crippen molar-refractivity contribution in [3.8, 4) is 0 Å². The van der Waals surface area contributed by atoms with Crippen LogP contribution in [0.1, 0.15) is 40.7 Å². The van der Waals surface area contributed by atoms with E-state index in [1.54, 1.807) is 17.0 Å². The summed E-state index contributed by atoms with van der Waals surface area (Å²) < 4.78 is 38.3. The van der Waals surface area contributed by atoms with Crippen LogP contribution in [0.4, 0.5) is 13.2 Å². The summed E-state index contributed by atoms with van der Waals surface area (Å²) in [6.07, 6.45) is -2.07. The van der Waals surface area contributed by atoms with Crippen molar-refractivity contribution in [3.05, 3.63) is 71.3 Å². The smallest absolute Gasteiger partial charge is 0.340 e. The van der Waals surface area contributed by atoms with Gasteiger partial charge in [0, 0.05) is 44.8 Å². The van der Waals surface area contributed by atoms with Crippen molar-refractivity contribution in [1.82, 2.24) is 14.7 Å². The first kappa shape index (κ1) is 23.3. The van der Waals surface area contributed by atoms with E-state index in [2.05, 4.69) is 4.90 Å². The number of rotatable bonds is 4. The third-order valence-electron chi connectivity index (χ3n) is 6.41. The Morgan fingerprint density at radius 3 is 2.27 bits per heavy atom. The van der Waals surface area contributed by atoms with Gasteiger partial charge in [-0.05, 0) is 49.1 Å². The summed E-state index contributed by atoms with van der Waals surface area (Å²) >= 11 is 0. The number of halogens is 3. The Morgan fingerprint density at radius 1 is 0.848 bits per heavy atom. The van der Waals surface area contributed by atoms with Crippen LogP contribution in [-0.4, -0.2) is 65.3 Å². The van der Waals surface area contributed by atoms with Gasteiger partial charge in [0.1, 0.15) is 6.04 Å². The number of likely N-dealkylation sites (tertiary alicyclic amines) is 1. The third-order valence-corrected chi connectivity index (χ3v) is 6.41. The molecule has 1 atom stereocenters. The lowest BCUT2D eigenvalue weighted by Crippen LogP contribution is -2.48. The van der Waals surface area contributed by atoms with Gasteiger partial charge in [-0.3, -0.25) is 14.5 Å². The van der Waals surface area contributed by atoms with Crippen molar-refractivity contribution in [2.75, 3.05) is 32.7 Å². The van der Waals surface area contributed by atoms with Gasteiger partial charge in [-0.2, -0.15) is 13.2 Å². The van der Waals surface area contributed by atoms with Crippen molar-refractivity contribution in [2.45, 2.75) is 38.0 Å². The number of carbonyl (C=O) groups excluding carboxylic acids is 2. The van der Waals surface area contributed by atoms with E-state index < -0.39 is 17.8 Å². The molecule has 0 N–H and O–H groups in total. The molecule has 8 heteroatoms. The van der Waals surface area contributed by atoms with Crippen molar-refractivity contribution >= 4 is 11.8 Å². The average Bonchev–Trinajstić information content (AvgIpc) is 3.19. The van der Waals surface area contributed by atoms with E-state index >= 15 is 0 Å². The lowest BCUT2D eigenvalue weighted by Gasteiger charge is -2.30. The molecule has 2 aliphatic heterocycles. The van der Waals surface area contributed by atoms with Crippen LogP contribution in [0, 0.1) is 0 Å². The lowest BCUT2D eigenvalue weighted by atomic mass is 10.1. The molecule has 0 aromatic heterocycles. The predicted octanol–water partition coefficient (Wildman–Crippen LogP) is 4.04. The van der Waals surface area contributed by atoms with Gasteiger partial charge in [-0.1, -0.05) is 30.3 Å². The summed E-state index contributed by atoms with van der Waals surface area (Å²) in [5.74, 6) is -0.113. The van der Waals surface area contributed by atoms with E-state index in [1.807, 2.05) is 23.1 Å². The van der Waals surface area contributed by atoms with Gasteiger partial charge in [0.15, 0.2) is 0 Å². The van der Waals surface area contributed by atoms with Gasteiger partial charge < -0.3 is 9.80 Å². The summed E-state index contributed by atoms with van der Waals surface area (Å²) in [4.78, 5) is 31.9. The van der Waals surface area contributed by atoms with Crippen molar-refractivity contribution in [3.63, 3.8) is 0 Å². The normalized spacial score (nSPS) is 20.0. The molecule has 33 heavy (non-hydrogen) atoms. The number of nitrogens with zero attached hydrogens (tertiary/aromatic N) is 3. The Morgan fingerprint density at radius 2 is 1.58 bits per heavy atom. The van der Waals surface area contributed by atoms with Gasteiger partial charge in [-0.15, -0.1) is 0 Å². The molecular formula is C25H28F3N3O2. The molecule has 0 saturated carbocycles. The number of carbonyl (C=O) groups is 2. The largest absolute Gasteiger partial charge is 0.416 e. The van der Waals surface area contributed by atoms with Crippen LogP contribution in [0.15, 0.2) is 54.6 Å². The Labute approximate surface area is 191 Å². The van der Waals surface area contributed by atoms with Crippen LogP contribution in [0.25, 0.3) is 0 Å². The molecule has 1 unspecified atom stereocenters. The number of alkyl halides is 3. The van der Waals surface area contributed by atoms with Crippen molar-refractivity contribution in [1.29, 1.82) is 0 Å². The van der Waals surface area contributed by atoms with Crippen molar-refractivity contribution < 1.29 is 22.8 Å². The number of benzene rings is 2. The molecular weight excluding hydrogens is 431 g/mol. The molecule has 5 nitrogen and oxygen atoms in total. The summed E-state index contributed by atoms with van der Waals surface area (Å²) in [7, 11) is 0. The Kier molecular flexibility index (Phi) is 7.02. The van der Waals surface area contributed by atoms with E-state index in [0.29, 0.717) is 44.7 Å². The minimum Gasteiger partial charge on any atom is -0.340 e. The Balaban J connectivity index is 1.35. The minimum absolute atomic E-state index is 0.00633. The second-order valence-corrected chi connectivity index (χ2v) is 8.67. The van der Waals surface area contributed by atoms with E-state index in [9.17, 15) is 22.8 Å². The van der Waals surface area contributed by atoms with Crippen LogP contribution in [-0.2, 0) is 17.5 Å². The topological polar surface area (TPSA) is 43.9 Å². The molecule has 2 fully saturated rings. The highest BCUT2D eigenvalue weighted by Crippen LogP contribution is 2.29. The maximum Gasteiger partial charge on any atom is 0.416 e. The van der Waals surface area contributed by atoms with Crippen LogP contribution < -0.4 is 0 Å². The second kappa shape index (κ2) is 9.95. The molecule has 4 rings (SSSR count). The van der Waals surface area contributed by atoms with Gasteiger partial charge in [0.25, 0.3) is 5.91 Å². The third kappa shape index (κ3) is 5.55. The molecule has 2 amide bonds. The summed E-state index contributed by atoms with van der Waals surface area (Å²) in [6, 6.07) is 13.9. The predicted molar refractivity (Wildman–Crippen MR) is 118 cm³/mol. The van der Waals surface area contributed by atoms with Gasteiger partial charge in [0.05, 0.1) is 5.56 Å². The maximum absolute atomic E-state index is 13.3. The van der Waals surface area contributed by atoms with E-state index in [1.165, 1.54) is 12.1 Å². The molecule has 2 heterocycles. The second-order valence-electron chi connectivity index (χ2n) is 8.67. The van der Waals surface area contributed by atoms with Crippen LogP contribution in [0.2, 0.25) is 0 Å². The fourth-order valence-corrected chi connectivity index (χ4v) is 4.63. The fourth-order valence-electron chi connectivity index (χ4n) is 4.63. The molecule has 0 spiro atoms. The molecule has 0 radical (unpaired) electrons. The monoisotopic (exact) mass is 459 g/mol. The highest BCUT2D eigenvalue weighted by molar-refractivity contribution is 5.97. The highest BCUT2D eigenvalue weighted by atomic mass is 19.4. The Hall–Kier alpha value is -2.87. The van der Waals surface area contributed by atoms with Gasteiger partial charge in [-0.25, -0.2) is 0 Å². The minimum atomic E-state index is -4.34. The van der Waals surface area contributed by atoms with Crippen LogP contribution in [0.3, 0.4) is 0 Å². The van der Waals surface area contributed by atoms with Crippen molar-refractivity contribution in [2.24, 2.45) is 0 Å². The van der Waals surface area contributed by atoms with Crippen LogP contribution in [0.5, 0.6) is 0 Å². The van der Waals surface area contributed by atoms with E-state index in [-0.39, 0.29) is 11.8 Å². The molecule has 2 aromatic carbocycles.